The van der Waals surface area contributed by atoms with Gasteiger partial charge in [-0.25, -0.2) is 4.98 Å². The van der Waals surface area contributed by atoms with Gasteiger partial charge in [0.05, 0.1) is 0 Å². The number of fused-ring (bicyclic) bond motifs is 1. The van der Waals surface area contributed by atoms with Gasteiger partial charge in [-0.15, -0.1) is 0 Å². The number of hydrogen-bond acceptors (Lipinski definition) is 2. The summed E-state index contributed by atoms with van der Waals surface area (Å²) in [4.78, 5) is 4.46. The summed E-state index contributed by atoms with van der Waals surface area (Å²) < 4.78 is 2.26. The molecule has 1 aliphatic rings. The second-order valence-corrected chi connectivity index (χ2v) is 4.23. The molecule has 0 radical (unpaired) electrons. The van der Waals surface area contributed by atoms with Crippen LogP contribution >= 0.6 is 0 Å². The SMILES string of the molecule is Oc1cccc(-c2ncc3n2CCCC3)c1. The van der Waals surface area contributed by atoms with Crippen molar-refractivity contribution in [3.63, 3.8) is 0 Å². The molecule has 0 fully saturated rings. The highest BCUT2D eigenvalue weighted by Crippen LogP contribution is 2.26. The van der Waals surface area contributed by atoms with Crippen LogP contribution in [0.3, 0.4) is 0 Å². The van der Waals surface area contributed by atoms with Gasteiger partial charge in [0.2, 0.25) is 0 Å². The molecule has 3 rings (SSSR count). The molecule has 0 saturated heterocycles. The van der Waals surface area contributed by atoms with Crippen LogP contribution in [0.4, 0.5) is 0 Å². The van der Waals surface area contributed by atoms with Crippen molar-refractivity contribution >= 4 is 0 Å². The number of phenolic OH excluding ortho intramolecular Hbond substituents is 1. The Balaban J connectivity index is 2.09. The first kappa shape index (κ1) is 9.46. The van der Waals surface area contributed by atoms with E-state index in [1.807, 2.05) is 18.3 Å². The summed E-state index contributed by atoms with van der Waals surface area (Å²) in [6.45, 7) is 1.04. The summed E-state index contributed by atoms with van der Waals surface area (Å²) in [5.41, 5.74) is 2.30. The van der Waals surface area contributed by atoms with Crippen molar-refractivity contribution in [2.24, 2.45) is 0 Å². The van der Waals surface area contributed by atoms with Crippen LogP contribution in [0.1, 0.15) is 18.5 Å². The smallest absolute Gasteiger partial charge is 0.140 e. The molecule has 2 heterocycles. The minimum absolute atomic E-state index is 0.297. The standard InChI is InChI=1S/C13H14N2O/c16-12-6-3-4-10(8-12)13-14-9-11-5-1-2-7-15(11)13/h3-4,6,8-9,16H,1-2,5,7H2. The van der Waals surface area contributed by atoms with Crippen LogP contribution in [0.2, 0.25) is 0 Å². The molecule has 16 heavy (non-hydrogen) atoms. The molecule has 3 heteroatoms. The zero-order chi connectivity index (χ0) is 11.0. The molecule has 0 amide bonds. The molecule has 2 aromatic rings. The van der Waals surface area contributed by atoms with Gasteiger partial charge in [-0.3, -0.25) is 0 Å². The molecule has 0 aliphatic carbocycles. The fraction of sp³-hybridized carbons (Fsp3) is 0.308. The van der Waals surface area contributed by atoms with E-state index in [0.29, 0.717) is 5.75 Å². The molecule has 1 N–H and O–H groups in total. The fourth-order valence-electron chi connectivity index (χ4n) is 2.31. The molecule has 1 aromatic carbocycles. The summed E-state index contributed by atoms with van der Waals surface area (Å²) in [6, 6.07) is 7.30. The molecular weight excluding hydrogens is 200 g/mol. The van der Waals surface area contributed by atoms with Crippen LogP contribution in [0.5, 0.6) is 5.75 Å². The van der Waals surface area contributed by atoms with Crippen LogP contribution < -0.4 is 0 Å². The number of phenols is 1. The van der Waals surface area contributed by atoms with Gasteiger partial charge >= 0.3 is 0 Å². The third-order valence-electron chi connectivity index (χ3n) is 3.11. The minimum atomic E-state index is 0.297. The molecule has 0 saturated carbocycles. The Morgan fingerprint density at radius 3 is 3.06 bits per heavy atom. The van der Waals surface area contributed by atoms with Gasteiger partial charge in [0.25, 0.3) is 0 Å². The first-order valence-corrected chi connectivity index (χ1v) is 5.68. The summed E-state index contributed by atoms with van der Waals surface area (Å²) in [5, 5.41) is 9.48. The lowest BCUT2D eigenvalue weighted by Crippen LogP contribution is -2.10. The van der Waals surface area contributed by atoms with E-state index in [-0.39, 0.29) is 0 Å². The fourth-order valence-corrected chi connectivity index (χ4v) is 2.31. The predicted octanol–water partition coefficient (Wildman–Crippen LogP) is 2.59. The van der Waals surface area contributed by atoms with E-state index in [4.69, 9.17) is 0 Å². The summed E-state index contributed by atoms with van der Waals surface area (Å²) in [5.74, 6) is 1.27. The van der Waals surface area contributed by atoms with Gasteiger partial charge in [-0.2, -0.15) is 0 Å². The predicted molar refractivity (Wildman–Crippen MR) is 62.3 cm³/mol. The Kier molecular flexibility index (Phi) is 2.17. The van der Waals surface area contributed by atoms with Gasteiger partial charge in [0, 0.05) is 24.0 Å². The molecule has 82 valence electrons. The Bertz CT molecular complexity index is 516. The van der Waals surface area contributed by atoms with E-state index in [1.165, 1.54) is 18.5 Å². The normalized spacial score (nSPS) is 14.8. The number of nitrogens with zero attached hydrogens (tertiary/aromatic N) is 2. The maximum Gasteiger partial charge on any atom is 0.140 e. The summed E-state index contributed by atoms with van der Waals surface area (Å²) in [7, 11) is 0. The van der Waals surface area contributed by atoms with Crippen molar-refractivity contribution in [1.29, 1.82) is 0 Å². The average molecular weight is 214 g/mol. The highest BCUT2D eigenvalue weighted by atomic mass is 16.3. The molecule has 3 nitrogen and oxygen atoms in total. The van der Waals surface area contributed by atoms with E-state index in [0.717, 1.165) is 24.4 Å². The van der Waals surface area contributed by atoms with Crippen LogP contribution in [-0.2, 0) is 13.0 Å². The van der Waals surface area contributed by atoms with Gasteiger partial charge < -0.3 is 9.67 Å². The maximum absolute atomic E-state index is 9.48. The van der Waals surface area contributed by atoms with Crippen molar-refractivity contribution in [2.75, 3.05) is 0 Å². The number of aromatic hydroxyl groups is 1. The Labute approximate surface area is 94.4 Å². The molecular formula is C13H14N2O. The van der Waals surface area contributed by atoms with Crippen LogP contribution in [0, 0.1) is 0 Å². The number of hydrogen-bond donors (Lipinski definition) is 1. The van der Waals surface area contributed by atoms with Crippen molar-refractivity contribution in [1.82, 2.24) is 9.55 Å². The number of aromatic nitrogens is 2. The Morgan fingerprint density at radius 1 is 1.25 bits per heavy atom. The van der Waals surface area contributed by atoms with Crippen molar-refractivity contribution < 1.29 is 5.11 Å². The lowest BCUT2D eigenvalue weighted by Gasteiger charge is -2.16. The first-order chi connectivity index (χ1) is 7.84. The molecule has 0 atom stereocenters. The lowest BCUT2D eigenvalue weighted by molar-refractivity contribution is 0.475. The molecule has 1 aromatic heterocycles. The zero-order valence-corrected chi connectivity index (χ0v) is 9.06. The van der Waals surface area contributed by atoms with E-state index in [9.17, 15) is 5.11 Å². The molecule has 0 spiro atoms. The average Bonchev–Trinajstić information content (AvgIpc) is 2.72. The third kappa shape index (κ3) is 1.48. The van der Waals surface area contributed by atoms with Gasteiger partial charge in [-0.1, -0.05) is 12.1 Å². The number of rotatable bonds is 1. The molecule has 0 bridgehead atoms. The van der Waals surface area contributed by atoms with E-state index in [2.05, 4.69) is 9.55 Å². The van der Waals surface area contributed by atoms with Crippen molar-refractivity contribution in [3.8, 4) is 17.1 Å². The Morgan fingerprint density at radius 2 is 2.19 bits per heavy atom. The van der Waals surface area contributed by atoms with E-state index >= 15 is 0 Å². The quantitative estimate of drug-likeness (QED) is 0.792. The number of aryl methyl sites for hydroxylation is 1. The summed E-state index contributed by atoms with van der Waals surface area (Å²) in [6.07, 6.45) is 5.55. The van der Waals surface area contributed by atoms with E-state index in [1.54, 1.807) is 12.1 Å². The van der Waals surface area contributed by atoms with Crippen LogP contribution in [-0.4, -0.2) is 14.7 Å². The van der Waals surface area contributed by atoms with Crippen molar-refractivity contribution in [3.05, 3.63) is 36.2 Å². The maximum atomic E-state index is 9.48. The summed E-state index contributed by atoms with van der Waals surface area (Å²) >= 11 is 0. The Hall–Kier alpha value is -1.77. The van der Waals surface area contributed by atoms with Gasteiger partial charge in [0.1, 0.15) is 11.6 Å². The zero-order valence-electron chi connectivity index (χ0n) is 9.06. The highest BCUT2D eigenvalue weighted by Gasteiger charge is 2.14. The third-order valence-corrected chi connectivity index (χ3v) is 3.11. The monoisotopic (exact) mass is 214 g/mol. The number of imidazole rings is 1. The largest absolute Gasteiger partial charge is 0.508 e. The topological polar surface area (TPSA) is 38.1 Å². The van der Waals surface area contributed by atoms with Crippen LogP contribution in [0.15, 0.2) is 30.5 Å². The molecule has 1 aliphatic heterocycles. The molecule has 0 unspecified atom stereocenters. The van der Waals surface area contributed by atoms with Crippen molar-refractivity contribution in [2.45, 2.75) is 25.8 Å². The lowest BCUT2D eigenvalue weighted by atomic mass is 10.1. The van der Waals surface area contributed by atoms with Gasteiger partial charge in [0.15, 0.2) is 0 Å². The van der Waals surface area contributed by atoms with Crippen LogP contribution in [0.25, 0.3) is 11.4 Å². The minimum Gasteiger partial charge on any atom is -0.508 e. The van der Waals surface area contributed by atoms with E-state index < -0.39 is 0 Å². The first-order valence-electron chi connectivity index (χ1n) is 5.68. The second-order valence-electron chi connectivity index (χ2n) is 4.23. The number of benzene rings is 1. The van der Waals surface area contributed by atoms with Gasteiger partial charge in [-0.05, 0) is 31.4 Å². The highest BCUT2D eigenvalue weighted by molar-refractivity contribution is 5.58. The second kappa shape index (κ2) is 3.67.